The first-order valence-corrected chi connectivity index (χ1v) is 9.51. The Morgan fingerprint density at radius 2 is 1.86 bits per heavy atom. The number of hydrogen-bond donors (Lipinski definition) is 0. The molecule has 1 aliphatic heterocycles. The topological polar surface area (TPSA) is 57.7 Å². The van der Waals surface area contributed by atoms with Crippen LogP contribution in [0.5, 0.6) is 0 Å². The van der Waals surface area contributed by atoms with Crippen LogP contribution in [-0.4, -0.2) is 69.4 Å². The molecule has 1 amide bonds. The lowest BCUT2D eigenvalue weighted by atomic mass is 9.94. The van der Waals surface area contributed by atoms with Gasteiger partial charge in [0.1, 0.15) is 9.84 Å². The van der Waals surface area contributed by atoms with Gasteiger partial charge in [0.15, 0.2) is 0 Å². The van der Waals surface area contributed by atoms with E-state index in [0.717, 1.165) is 0 Å². The predicted octanol–water partition coefficient (Wildman–Crippen LogP) is 0.977. The molecule has 1 aromatic rings. The molecule has 122 valence electrons. The van der Waals surface area contributed by atoms with Gasteiger partial charge in [-0.3, -0.25) is 4.79 Å². The lowest BCUT2D eigenvalue weighted by molar-refractivity contribution is -0.129. The Balaban J connectivity index is 2.09. The van der Waals surface area contributed by atoms with Crippen molar-refractivity contribution in [3.05, 3.63) is 35.9 Å². The van der Waals surface area contributed by atoms with Gasteiger partial charge >= 0.3 is 0 Å². The zero-order valence-corrected chi connectivity index (χ0v) is 14.2. The lowest BCUT2D eigenvalue weighted by Crippen LogP contribution is -2.36. The fourth-order valence-electron chi connectivity index (χ4n) is 2.97. The van der Waals surface area contributed by atoms with Crippen molar-refractivity contribution in [2.75, 3.05) is 39.2 Å². The van der Waals surface area contributed by atoms with Crippen LogP contribution in [0.15, 0.2) is 30.3 Å². The summed E-state index contributed by atoms with van der Waals surface area (Å²) in [7, 11) is 0.936. The fourth-order valence-corrected chi connectivity index (χ4v) is 3.52. The summed E-state index contributed by atoms with van der Waals surface area (Å²) in [5.74, 6) is 0.111. The molecule has 1 aromatic carbocycles. The van der Waals surface area contributed by atoms with Crippen LogP contribution < -0.4 is 0 Å². The van der Waals surface area contributed by atoms with E-state index in [9.17, 15) is 13.2 Å². The molecule has 1 saturated heterocycles. The molecule has 6 heteroatoms. The molecule has 0 spiro atoms. The standard InChI is InChI=1S/C16H24N2O3S/c1-17(2)15-12-18(16(19)9-10-22(3,20)21)11-14(15)13-7-5-4-6-8-13/h4-8,14-15H,9-12H2,1-3H3/t14-,15+/m1/s1. The van der Waals surface area contributed by atoms with Crippen molar-refractivity contribution in [3.63, 3.8) is 0 Å². The molecule has 1 fully saturated rings. The maximum Gasteiger partial charge on any atom is 0.223 e. The molecule has 0 unspecified atom stereocenters. The minimum atomic E-state index is -3.10. The molecule has 0 aliphatic carbocycles. The number of likely N-dealkylation sites (tertiary alicyclic amines) is 1. The second kappa shape index (κ2) is 6.79. The first kappa shape index (κ1) is 17.0. The molecular formula is C16H24N2O3S. The highest BCUT2D eigenvalue weighted by atomic mass is 32.2. The van der Waals surface area contributed by atoms with E-state index < -0.39 is 9.84 Å². The van der Waals surface area contributed by atoms with E-state index in [2.05, 4.69) is 17.0 Å². The van der Waals surface area contributed by atoms with Gasteiger partial charge < -0.3 is 9.80 Å². The number of amides is 1. The number of benzene rings is 1. The Bertz CT molecular complexity index is 614. The summed E-state index contributed by atoms with van der Waals surface area (Å²) in [6.07, 6.45) is 1.24. The quantitative estimate of drug-likeness (QED) is 0.810. The smallest absolute Gasteiger partial charge is 0.223 e. The summed E-state index contributed by atoms with van der Waals surface area (Å²) in [6, 6.07) is 10.4. The maximum absolute atomic E-state index is 12.3. The first-order chi connectivity index (χ1) is 10.3. The van der Waals surface area contributed by atoms with Crippen molar-refractivity contribution in [1.29, 1.82) is 0 Å². The summed E-state index contributed by atoms with van der Waals surface area (Å²) in [5, 5.41) is 0. The highest BCUT2D eigenvalue weighted by Crippen LogP contribution is 2.30. The van der Waals surface area contributed by atoms with Gasteiger partial charge in [0.05, 0.1) is 5.75 Å². The Kier molecular flexibility index (Phi) is 5.24. The van der Waals surface area contributed by atoms with Gasteiger partial charge in [0.25, 0.3) is 0 Å². The van der Waals surface area contributed by atoms with Crippen molar-refractivity contribution >= 4 is 15.7 Å². The van der Waals surface area contributed by atoms with Crippen molar-refractivity contribution in [2.45, 2.75) is 18.4 Å². The van der Waals surface area contributed by atoms with Gasteiger partial charge in [0, 0.05) is 37.7 Å². The highest BCUT2D eigenvalue weighted by molar-refractivity contribution is 7.90. The summed E-state index contributed by atoms with van der Waals surface area (Å²) in [5.41, 5.74) is 1.22. The molecule has 2 rings (SSSR count). The van der Waals surface area contributed by atoms with Crippen LogP contribution in [0.1, 0.15) is 17.9 Å². The number of sulfone groups is 1. The monoisotopic (exact) mass is 324 g/mol. The molecule has 1 aliphatic rings. The number of nitrogens with zero attached hydrogens (tertiary/aromatic N) is 2. The molecule has 1 heterocycles. The molecular weight excluding hydrogens is 300 g/mol. The molecule has 0 bridgehead atoms. The number of carbonyl (C=O) groups excluding carboxylic acids is 1. The molecule has 0 radical (unpaired) electrons. The second-order valence-electron chi connectivity index (χ2n) is 6.23. The van der Waals surface area contributed by atoms with Crippen LogP contribution in [0.3, 0.4) is 0 Å². The normalized spacial score (nSPS) is 22.3. The second-order valence-corrected chi connectivity index (χ2v) is 8.49. The third-order valence-corrected chi connectivity index (χ3v) is 5.17. The maximum atomic E-state index is 12.3. The fraction of sp³-hybridized carbons (Fsp3) is 0.562. The molecule has 0 saturated carbocycles. The lowest BCUT2D eigenvalue weighted by Gasteiger charge is -2.25. The van der Waals surface area contributed by atoms with Crippen LogP contribution in [-0.2, 0) is 14.6 Å². The average molecular weight is 324 g/mol. The van der Waals surface area contributed by atoms with Gasteiger partial charge in [-0.2, -0.15) is 0 Å². The van der Waals surface area contributed by atoms with E-state index in [4.69, 9.17) is 0 Å². The van der Waals surface area contributed by atoms with Crippen LogP contribution >= 0.6 is 0 Å². The summed E-state index contributed by atoms with van der Waals surface area (Å²) in [6.45, 7) is 1.30. The van der Waals surface area contributed by atoms with E-state index in [0.29, 0.717) is 13.1 Å². The number of hydrogen-bond acceptors (Lipinski definition) is 4. The van der Waals surface area contributed by atoms with Crippen molar-refractivity contribution in [3.8, 4) is 0 Å². The van der Waals surface area contributed by atoms with Gasteiger partial charge in [-0.1, -0.05) is 30.3 Å². The van der Waals surface area contributed by atoms with Gasteiger partial charge in [-0.15, -0.1) is 0 Å². The molecule has 2 atom stereocenters. The minimum absolute atomic E-state index is 0.0699. The predicted molar refractivity (Wildman–Crippen MR) is 87.6 cm³/mol. The third-order valence-electron chi connectivity index (χ3n) is 4.22. The Morgan fingerprint density at radius 1 is 1.23 bits per heavy atom. The number of likely N-dealkylation sites (N-methyl/N-ethyl adjacent to an activating group) is 1. The van der Waals surface area contributed by atoms with E-state index in [1.807, 2.05) is 32.3 Å². The van der Waals surface area contributed by atoms with Gasteiger partial charge in [0.2, 0.25) is 5.91 Å². The van der Waals surface area contributed by atoms with Crippen LogP contribution in [0.2, 0.25) is 0 Å². The highest BCUT2D eigenvalue weighted by Gasteiger charge is 2.37. The van der Waals surface area contributed by atoms with Gasteiger partial charge in [-0.05, 0) is 19.7 Å². The third kappa shape index (κ3) is 4.30. The zero-order chi connectivity index (χ0) is 16.3. The number of carbonyl (C=O) groups is 1. The number of rotatable bonds is 5. The molecule has 0 N–H and O–H groups in total. The Morgan fingerprint density at radius 3 is 2.41 bits per heavy atom. The van der Waals surface area contributed by atoms with Crippen LogP contribution in [0.25, 0.3) is 0 Å². The molecule has 5 nitrogen and oxygen atoms in total. The minimum Gasteiger partial charge on any atom is -0.340 e. The van der Waals surface area contributed by atoms with Crippen molar-refractivity contribution in [1.82, 2.24) is 9.80 Å². The Labute approximate surface area is 132 Å². The molecule has 0 aromatic heterocycles. The zero-order valence-electron chi connectivity index (χ0n) is 13.4. The first-order valence-electron chi connectivity index (χ1n) is 7.45. The van der Waals surface area contributed by atoms with Crippen molar-refractivity contribution in [2.24, 2.45) is 0 Å². The molecule has 22 heavy (non-hydrogen) atoms. The van der Waals surface area contributed by atoms with E-state index >= 15 is 0 Å². The van der Waals surface area contributed by atoms with Gasteiger partial charge in [-0.25, -0.2) is 8.42 Å². The summed E-state index contributed by atoms with van der Waals surface area (Å²) < 4.78 is 22.5. The summed E-state index contributed by atoms with van der Waals surface area (Å²) in [4.78, 5) is 16.2. The van der Waals surface area contributed by atoms with Crippen molar-refractivity contribution < 1.29 is 13.2 Å². The summed E-state index contributed by atoms with van der Waals surface area (Å²) >= 11 is 0. The largest absolute Gasteiger partial charge is 0.340 e. The SMILES string of the molecule is CN(C)[C@H]1CN(C(=O)CCS(C)(=O)=O)C[C@@H]1c1ccccc1. The van der Waals surface area contributed by atoms with E-state index in [-0.39, 0.29) is 30.0 Å². The van der Waals surface area contributed by atoms with E-state index in [1.54, 1.807) is 4.90 Å². The average Bonchev–Trinajstić information content (AvgIpc) is 2.90. The van der Waals surface area contributed by atoms with Crippen LogP contribution in [0.4, 0.5) is 0 Å². The van der Waals surface area contributed by atoms with Crippen LogP contribution in [0, 0.1) is 0 Å². The van der Waals surface area contributed by atoms with E-state index in [1.165, 1.54) is 11.8 Å². The Hall–Kier alpha value is -1.40.